The van der Waals surface area contributed by atoms with E-state index in [0.717, 1.165) is 3.79 Å². The molecule has 3 N–H and O–H groups in total. The van der Waals surface area contributed by atoms with E-state index >= 15 is 0 Å². The smallest absolute Gasteiger partial charge is 0.214 e. The lowest BCUT2D eigenvalue weighted by atomic mass is 10.5. The first-order chi connectivity index (χ1) is 6.20. The number of nitrogens with two attached hydrogens (primary N) is 1. The Morgan fingerprint density at radius 3 is 2.92 bits per heavy atom. The molecule has 5 nitrogen and oxygen atoms in total. The number of nitrogens with zero attached hydrogens (tertiary/aromatic N) is 3. The first-order valence-electron chi connectivity index (χ1n) is 3.22. The number of hydrogen-bond acceptors (Lipinski definition) is 5. The van der Waals surface area contributed by atoms with E-state index in [0.29, 0.717) is 16.3 Å². The van der Waals surface area contributed by atoms with Crippen LogP contribution in [0.1, 0.15) is 0 Å². The van der Waals surface area contributed by atoms with Crippen LogP contribution in [0, 0.1) is 4.77 Å². The highest BCUT2D eigenvalue weighted by Gasteiger charge is 2.12. The number of thiazole rings is 1. The standard InChI is InChI=1S/C5H4BrN5S2/c6-3-2(8-1-13-3)4-9-10-5(12)11(4)7/h1H,7H2,(H,10,12). The normalized spacial score (nSPS) is 10.5. The predicted octanol–water partition coefficient (Wildman–Crippen LogP) is 1.54. The topological polar surface area (TPSA) is 72.5 Å². The van der Waals surface area contributed by atoms with Crippen molar-refractivity contribution in [3.8, 4) is 11.5 Å². The second-order valence-electron chi connectivity index (χ2n) is 2.20. The van der Waals surface area contributed by atoms with Crippen LogP contribution in [0.15, 0.2) is 9.30 Å². The lowest BCUT2D eigenvalue weighted by Gasteiger charge is -1.95. The molecule has 8 heteroatoms. The second kappa shape index (κ2) is 3.20. The summed E-state index contributed by atoms with van der Waals surface area (Å²) >= 11 is 9.68. The van der Waals surface area contributed by atoms with E-state index in [1.165, 1.54) is 16.0 Å². The Labute approximate surface area is 90.7 Å². The van der Waals surface area contributed by atoms with Gasteiger partial charge in [-0.15, -0.1) is 11.3 Å². The monoisotopic (exact) mass is 277 g/mol. The summed E-state index contributed by atoms with van der Waals surface area (Å²) in [5, 5.41) is 6.54. The quantitative estimate of drug-likeness (QED) is 0.613. The molecular formula is C5H4BrN5S2. The van der Waals surface area contributed by atoms with Crippen LogP contribution in [0.4, 0.5) is 0 Å². The van der Waals surface area contributed by atoms with Gasteiger partial charge in [-0.2, -0.15) is 5.10 Å². The third-order valence-electron chi connectivity index (χ3n) is 1.44. The number of aromatic amines is 1. The molecule has 2 aromatic heterocycles. The number of nitrogens with one attached hydrogen (secondary N) is 1. The maximum Gasteiger partial charge on any atom is 0.214 e. The molecule has 0 amide bonds. The molecule has 2 heterocycles. The fraction of sp³-hybridized carbons (Fsp3) is 0. The molecule has 13 heavy (non-hydrogen) atoms. The van der Waals surface area contributed by atoms with E-state index in [9.17, 15) is 0 Å². The zero-order valence-corrected chi connectivity index (χ0v) is 9.41. The minimum absolute atomic E-state index is 0.370. The summed E-state index contributed by atoms with van der Waals surface area (Å²) in [6.07, 6.45) is 0. The Morgan fingerprint density at radius 1 is 1.69 bits per heavy atom. The number of rotatable bonds is 1. The number of hydrogen-bond donors (Lipinski definition) is 2. The van der Waals surface area contributed by atoms with E-state index in [1.807, 2.05) is 0 Å². The van der Waals surface area contributed by atoms with Crippen molar-refractivity contribution >= 4 is 39.5 Å². The maximum atomic E-state index is 5.63. The van der Waals surface area contributed by atoms with Crippen molar-refractivity contribution in [3.05, 3.63) is 14.1 Å². The first-order valence-corrected chi connectivity index (χ1v) is 5.30. The van der Waals surface area contributed by atoms with Crippen molar-refractivity contribution in [1.29, 1.82) is 0 Å². The summed E-state index contributed by atoms with van der Waals surface area (Å²) < 4.78 is 2.54. The molecule has 68 valence electrons. The van der Waals surface area contributed by atoms with Gasteiger partial charge >= 0.3 is 0 Å². The van der Waals surface area contributed by atoms with E-state index in [1.54, 1.807) is 5.51 Å². The van der Waals surface area contributed by atoms with Gasteiger partial charge in [0.25, 0.3) is 0 Å². The van der Waals surface area contributed by atoms with Gasteiger partial charge in [-0.1, -0.05) is 0 Å². The van der Waals surface area contributed by atoms with Crippen LogP contribution in [-0.4, -0.2) is 19.9 Å². The molecule has 0 spiro atoms. The van der Waals surface area contributed by atoms with Crippen molar-refractivity contribution in [3.63, 3.8) is 0 Å². The average Bonchev–Trinajstić information content (AvgIpc) is 2.62. The Morgan fingerprint density at radius 2 is 2.46 bits per heavy atom. The summed E-state index contributed by atoms with van der Waals surface area (Å²) in [7, 11) is 0. The summed E-state index contributed by atoms with van der Waals surface area (Å²) in [5.41, 5.74) is 2.40. The summed E-state index contributed by atoms with van der Waals surface area (Å²) in [6, 6.07) is 0. The lowest BCUT2D eigenvalue weighted by Crippen LogP contribution is -2.10. The van der Waals surface area contributed by atoms with E-state index in [-0.39, 0.29) is 0 Å². The minimum Gasteiger partial charge on any atom is -0.335 e. The van der Waals surface area contributed by atoms with Gasteiger partial charge in [0.05, 0.1) is 5.51 Å². The summed E-state index contributed by atoms with van der Waals surface area (Å²) in [6.45, 7) is 0. The van der Waals surface area contributed by atoms with Gasteiger partial charge < -0.3 is 5.84 Å². The Balaban J connectivity index is 2.65. The molecule has 0 bridgehead atoms. The second-order valence-corrected chi connectivity index (χ2v) is 4.76. The first kappa shape index (κ1) is 8.85. The predicted molar refractivity (Wildman–Crippen MR) is 56.4 cm³/mol. The van der Waals surface area contributed by atoms with Gasteiger partial charge in [0, 0.05) is 0 Å². The molecule has 0 aromatic carbocycles. The third-order valence-corrected chi connectivity index (χ3v) is 3.28. The van der Waals surface area contributed by atoms with Crippen molar-refractivity contribution < 1.29 is 0 Å². The van der Waals surface area contributed by atoms with Gasteiger partial charge in [-0.25, -0.2) is 14.8 Å². The zero-order chi connectivity index (χ0) is 9.42. The highest BCUT2D eigenvalue weighted by Crippen LogP contribution is 2.27. The van der Waals surface area contributed by atoms with Gasteiger partial charge in [0.15, 0.2) is 0 Å². The van der Waals surface area contributed by atoms with Crippen LogP contribution in [0.2, 0.25) is 0 Å². The van der Waals surface area contributed by atoms with Crippen LogP contribution < -0.4 is 5.84 Å². The molecule has 0 unspecified atom stereocenters. The highest BCUT2D eigenvalue weighted by atomic mass is 79.9. The summed E-state index contributed by atoms with van der Waals surface area (Å²) in [5.74, 6) is 6.15. The molecule has 0 saturated carbocycles. The Kier molecular flexibility index (Phi) is 2.18. The Bertz CT molecular complexity index is 483. The molecule has 0 aliphatic rings. The van der Waals surface area contributed by atoms with Crippen LogP contribution in [0.3, 0.4) is 0 Å². The molecule has 0 aliphatic carbocycles. The van der Waals surface area contributed by atoms with Gasteiger partial charge in [-0.3, -0.25) is 0 Å². The molecule has 0 fully saturated rings. The van der Waals surface area contributed by atoms with Crippen LogP contribution in [0.25, 0.3) is 11.5 Å². The molecule has 0 saturated heterocycles. The van der Waals surface area contributed by atoms with Crippen LogP contribution >= 0.6 is 39.5 Å². The molecule has 0 atom stereocenters. The van der Waals surface area contributed by atoms with Gasteiger partial charge in [-0.05, 0) is 28.1 Å². The molecule has 0 radical (unpaired) electrons. The third kappa shape index (κ3) is 1.40. The molecule has 2 rings (SSSR count). The van der Waals surface area contributed by atoms with E-state index in [2.05, 4.69) is 31.1 Å². The molecule has 2 aromatic rings. The lowest BCUT2D eigenvalue weighted by molar-refractivity contribution is 0.979. The largest absolute Gasteiger partial charge is 0.335 e. The van der Waals surface area contributed by atoms with Crippen LogP contribution in [0.5, 0.6) is 0 Å². The van der Waals surface area contributed by atoms with E-state index in [4.69, 9.17) is 18.1 Å². The van der Waals surface area contributed by atoms with Crippen molar-refractivity contribution in [2.75, 3.05) is 5.84 Å². The summed E-state index contributed by atoms with van der Waals surface area (Å²) in [4.78, 5) is 4.10. The highest BCUT2D eigenvalue weighted by molar-refractivity contribution is 9.11. The van der Waals surface area contributed by atoms with Crippen LogP contribution in [-0.2, 0) is 0 Å². The maximum absolute atomic E-state index is 5.63. The number of halogens is 1. The van der Waals surface area contributed by atoms with Crippen molar-refractivity contribution in [2.24, 2.45) is 0 Å². The molecule has 0 aliphatic heterocycles. The van der Waals surface area contributed by atoms with Crippen molar-refractivity contribution in [1.82, 2.24) is 19.9 Å². The van der Waals surface area contributed by atoms with Gasteiger partial charge in [0.2, 0.25) is 10.6 Å². The zero-order valence-electron chi connectivity index (χ0n) is 6.19. The number of H-pyrrole nitrogens is 1. The Hall–Kier alpha value is -0.730. The average molecular weight is 278 g/mol. The van der Waals surface area contributed by atoms with E-state index < -0.39 is 0 Å². The number of nitrogen functional groups attached to an aromatic ring is 1. The fourth-order valence-electron chi connectivity index (χ4n) is 0.849. The SMILES string of the molecule is Nn1c(-c2ncsc2Br)n[nH]c1=S. The fourth-order valence-corrected chi connectivity index (χ4v) is 2.02. The molecular weight excluding hydrogens is 274 g/mol. The number of aromatic nitrogens is 4. The van der Waals surface area contributed by atoms with Gasteiger partial charge in [0.1, 0.15) is 9.48 Å². The van der Waals surface area contributed by atoms with Crippen molar-refractivity contribution in [2.45, 2.75) is 0 Å². The minimum atomic E-state index is 0.370.